The standard InChI is InChI=1S/C20H20FN5O3/c1-28-14-8-15(29-2)23-9-12(14)16-13(21)7-6-11-17(22)19(26-25-18(11)16)20(27)24-10-4-3-5-10/h6-10H,3-5H2,1-2H3,(H2,22,25)(H,24,27). The maximum atomic E-state index is 14.8. The van der Waals surface area contributed by atoms with Gasteiger partial charge in [-0.05, 0) is 31.4 Å². The molecule has 9 heteroatoms. The molecule has 2 heterocycles. The number of carbonyl (C=O) groups is 1. The van der Waals surface area contributed by atoms with E-state index in [0.29, 0.717) is 22.6 Å². The van der Waals surface area contributed by atoms with E-state index in [1.807, 2.05) is 0 Å². The quantitative estimate of drug-likeness (QED) is 0.681. The Morgan fingerprint density at radius 3 is 2.69 bits per heavy atom. The first-order chi connectivity index (χ1) is 14.0. The zero-order valence-corrected chi connectivity index (χ0v) is 16.0. The number of halogens is 1. The summed E-state index contributed by atoms with van der Waals surface area (Å²) in [6.45, 7) is 0. The molecule has 1 saturated carbocycles. The van der Waals surface area contributed by atoms with Gasteiger partial charge < -0.3 is 20.5 Å². The number of aromatic nitrogens is 3. The van der Waals surface area contributed by atoms with Crippen LogP contribution in [0.1, 0.15) is 29.8 Å². The van der Waals surface area contributed by atoms with E-state index in [1.54, 1.807) is 6.07 Å². The second kappa shape index (κ2) is 7.50. The van der Waals surface area contributed by atoms with Crippen LogP contribution in [-0.4, -0.2) is 41.3 Å². The van der Waals surface area contributed by atoms with Crippen molar-refractivity contribution >= 4 is 22.5 Å². The van der Waals surface area contributed by atoms with E-state index < -0.39 is 5.82 Å². The topological polar surface area (TPSA) is 112 Å². The van der Waals surface area contributed by atoms with Gasteiger partial charge in [0.25, 0.3) is 5.91 Å². The summed E-state index contributed by atoms with van der Waals surface area (Å²) in [5.41, 5.74) is 7.12. The van der Waals surface area contributed by atoms with Crippen LogP contribution in [0.5, 0.6) is 11.6 Å². The van der Waals surface area contributed by atoms with Crippen LogP contribution in [-0.2, 0) is 0 Å². The molecule has 1 fully saturated rings. The molecule has 3 aromatic rings. The molecule has 0 saturated heterocycles. The molecule has 150 valence electrons. The third-order valence-electron chi connectivity index (χ3n) is 5.12. The van der Waals surface area contributed by atoms with Gasteiger partial charge in [-0.15, -0.1) is 10.2 Å². The summed E-state index contributed by atoms with van der Waals surface area (Å²) in [6.07, 6.45) is 4.40. The molecule has 4 rings (SSSR count). The average Bonchev–Trinajstić information content (AvgIpc) is 2.70. The molecule has 1 aliphatic carbocycles. The number of anilines is 1. The average molecular weight is 397 g/mol. The molecular formula is C20H20FN5O3. The van der Waals surface area contributed by atoms with Crippen molar-refractivity contribution in [3.05, 3.63) is 35.9 Å². The van der Waals surface area contributed by atoms with Crippen molar-refractivity contribution in [3.8, 4) is 22.8 Å². The van der Waals surface area contributed by atoms with Crippen LogP contribution in [0.3, 0.4) is 0 Å². The summed E-state index contributed by atoms with van der Waals surface area (Å²) in [5, 5.41) is 11.4. The summed E-state index contributed by atoms with van der Waals surface area (Å²) in [7, 11) is 2.94. The number of nitrogen functional groups attached to an aromatic ring is 1. The monoisotopic (exact) mass is 397 g/mol. The Kier molecular flexibility index (Phi) is 4.87. The maximum absolute atomic E-state index is 14.8. The Morgan fingerprint density at radius 2 is 2.03 bits per heavy atom. The fourth-order valence-corrected chi connectivity index (χ4v) is 3.29. The number of ether oxygens (including phenoxy) is 2. The molecule has 3 N–H and O–H groups in total. The number of hydrogen-bond acceptors (Lipinski definition) is 7. The molecule has 0 spiro atoms. The van der Waals surface area contributed by atoms with E-state index >= 15 is 0 Å². The van der Waals surface area contributed by atoms with Crippen molar-refractivity contribution in [2.75, 3.05) is 20.0 Å². The van der Waals surface area contributed by atoms with Crippen LogP contribution >= 0.6 is 0 Å². The van der Waals surface area contributed by atoms with E-state index in [1.165, 1.54) is 32.5 Å². The van der Waals surface area contributed by atoms with E-state index in [0.717, 1.165) is 19.3 Å². The highest BCUT2D eigenvalue weighted by Gasteiger charge is 2.25. The van der Waals surface area contributed by atoms with Gasteiger partial charge in [0, 0.05) is 29.3 Å². The summed E-state index contributed by atoms with van der Waals surface area (Å²) < 4.78 is 25.3. The second-order valence-corrected chi connectivity index (χ2v) is 6.81. The molecule has 1 aliphatic rings. The third kappa shape index (κ3) is 3.28. The highest BCUT2D eigenvalue weighted by Crippen LogP contribution is 2.38. The summed E-state index contributed by atoms with van der Waals surface area (Å²) in [6, 6.07) is 4.44. The molecular weight excluding hydrogens is 377 g/mol. The number of amides is 1. The van der Waals surface area contributed by atoms with E-state index in [9.17, 15) is 9.18 Å². The smallest absolute Gasteiger partial charge is 0.274 e. The van der Waals surface area contributed by atoms with Gasteiger partial charge in [-0.1, -0.05) is 0 Å². The number of carbonyl (C=O) groups excluding carboxylic acids is 1. The number of hydrogen-bond donors (Lipinski definition) is 2. The van der Waals surface area contributed by atoms with Gasteiger partial charge in [-0.2, -0.15) is 0 Å². The van der Waals surface area contributed by atoms with E-state index in [-0.39, 0.29) is 34.4 Å². The Balaban J connectivity index is 1.84. The molecule has 0 radical (unpaired) electrons. The van der Waals surface area contributed by atoms with Crippen LogP contribution in [0.25, 0.3) is 22.0 Å². The highest BCUT2D eigenvalue weighted by molar-refractivity contribution is 6.08. The second-order valence-electron chi connectivity index (χ2n) is 6.81. The number of fused-ring (bicyclic) bond motifs is 1. The summed E-state index contributed by atoms with van der Waals surface area (Å²) in [4.78, 5) is 16.6. The zero-order valence-electron chi connectivity index (χ0n) is 16.0. The fourth-order valence-electron chi connectivity index (χ4n) is 3.29. The summed E-state index contributed by atoms with van der Waals surface area (Å²) in [5.74, 6) is -0.235. The first kappa shape index (κ1) is 18.9. The molecule has 8 nitrogen and oxygen atoms in total. The van der Waals surface area contributed by atoms with Crippen LogP contribution < -0.4 is 20.5 Å². The minimum Gasteiger partial charge on any atom is -0.496 e. The van der Waals surface area contributed by atoms with Crippen LogP contribution in [0, 0.1) is 5.82 Å². The van der Waals surface area contributed by atoms with Gasteiger partial charge in [0.15, 0.2) is 5.69 Å². The number of nitrogens with one attached hydrogen (secondary N) is 1. The van der Waals surface area contributed by atoms with Gasteiger partial charge in [0.05, 0.1) is 25.5 Å². The minimum absolute atomic E-state index is 0.0294. The van der Waals surface area contributed by atoms with Crippen LogP contribution in [0.4, 0.5) is 10.1 Å². The minimum atomic E-state index is -0.539. The number of nitrogens with zero attached hydrogens (tertiary/aromatic N) is 3. The van der Waals surface area contributed by atoms with Gasteiger partial charge in [0.1, 0.15) is 17.1 Å². The molecule has 2 aromatic heterocycles. The number of methoxy groups -OCH3 is 2. The molecule has 1 aromatic carbocycles. The van der Waals surface area contributed by atoms with Crippen molar-refractivity contribution in [1.82, 2.24) is 20.5 Å². The zero-order chi connectivity index (χ0) is 20.5. The lowest BCUT2D eigenvalue weighted by atomic mass is 9.93. The molecule has 0 bridgehead atoms. The first-order valence-electron chi connectivity index (χ1n) is 9.17. The number of nitrogens with two attached hydrogens (primary N) is 1. The van der Waals surface area contributed by atoms with Gasteiger partial charge in [0.2, 0.25) is 5.88 Å². The molecule has 29 heavy (non-hydrogen) atoms. The lowest BCUT2D eigenvalue weighted by Crippen LogP contribution is -2.40. The SMILES string of the molecule is COc1cc(OC)c(-c2c(F)ccc3c(N)c(C(=O)NC4CCC4)nnc23)cn1. The Labute approximate surface area is 166 Å². The van der Waals surface area contributed by atoms with Crippen molar-refractivity contribution in [3.63, 3.8) is 0 Å². The Hall–Kier alpha value is -3.49. The molecule has 0 atom stereocenters. The first-order valence-corrected chi connectivity index (χ1v) is 9.17. The van der Waals surface area contributed by atoms with Gasteiger partial charge in [-0.25, -0.2) is 9.37 Å². The lowest BCUT2D eigenvalue weighted by Gasteiger charge is -2.26. The highest BCUT2D eigenvalue weighted by atomic mass is 19.1. The van der Waals surface area contributed by atoms with Crippen molar-refractivity contribution in [1.29, 1.82) is 0 Å². The fraction of sp³-hybridized carbons (Fsp3) is 0.300. The van der Waals surface area contributed by atoms with Crippen LogP contribution in [0.15, 0.2) is 24.4 Å². The van der Waals surface area contributed by atoms with Crippen molar-refractivity contribution in [2.24, 2.45) is 0 Å². The predicted octanol–water partition coefficient (Wildman–Crippen LogP) is 2.71. The Bertz CT molecular complexity index is 1100. The number of pyridine rings is 1. The third-order valence-corrected chi connectivity index (χ3v) is 5.12. The van der Waals surface area contributed by atoms with Crippen LogP contribution in [0.2, 0.25) is 0 Å². The van der Waals surface area contributed by atoms with E-state index in [2.05, 4.69) is 20.5 Å². The van der Waals surface area contributed by atoms with Crippen molar-refractivity contribution < 1.29 is 18.7 Å². The Morgan fingerprint density at radius 1 is 1.24 bits per heavy atom. The number of benzene rings is 1. The lowest BCUT2D eigenvalue weighted by molar-refractivity contribution is 0.0912. The predicted molar refractivity (Wildman–Crippen MR) is 105 cm³/mol. The molecule has 0 unspecified atom stereocenters. The normalized spacial score (nSPS) is 13.8. The van der Waals surface area contributed by atoms with Gasteiger partial charge in [-0.3, -0.25) is 4.79 Å². The molecule has 0 aliphatic heterocycles. The largest absolute Gasteiger partial charge is 0.496 e. The summed E-state index contributed by atoms with van der Waals surface area (Å²) >= 11 is 0. The van der Waals surface area contributed by atoms with Gasteiger partial charge >= 0.3 is 0 Å². The van der Waals surface area contributed by atoms with E-state index in [4.69, 9.17) is 15.2 Å². The number of rotatable bonds is 5. The van der Waals surface area contributed by atoms with Crippen molar-refractivity contribution in [2.45, 2.75) is 25.3 Å². The molecule has 1 amide bonds. The maximum Gasteiger partial charge on any atom is 0.274 e.